The van der Waals surface area contributed by atoms with Crippen LogP contribution in [-0.4, -0.2) is 9.13 Å². The second-order valence-corrected chi connectivity index (χ2v) is 11.2. The van der Waals surface area contributed by atoms with Crippen molar-refractivity contribution in [3.63, 3.8) is 0 Å². The predicted octanol–water partition coefficient (Wildman–Crippen LogP) is 10.5. The molecule has 2 nitrogen and oxygen atoms in total. The van der Waals surface area contributed by atoms with E-state index in [1.54, 1.807) is 0 Å². The largest absolute Gasteiger partial charge is 0.309 e. The number of hydrogen-bond acceptors (Lipinski definition) is 0. The third kappa shape index (κ3) is 3.50. The highest BCUT2D eigenvalue weighted by Gasteiger charge is 2.16. The summed E-state index contributed by atoms with van der Waals surface area (Å²) in [5.41, 5.74) is 13.8. The van der Waals surface area contributed by atoms with E-state index in [4.69, 9.17) is 0 Å². The molecule has 0 aliphatic rings. The lowest BCUT2D eigenvalue weighted by molar-refractivity contribution is 1.16. The van der Waals surface area contributed by atoms with Gasteiger partial charge in [-0.1, -0.05) is 78.9 Å². The van der Waals surface area contributed by atoms with Gasteiger partial charge in [0.05, 0.1) is 22.1 Å². The van der Waals surface area contributed by atoms with Gasteiger partial charge in [0.25, 0.3) is 0 Å². The molecule has 2 heterocycles. The second-order valence-electron chi connectivity index (χ2n) is 11.2. The minimum atomic E-state index is 1.19. The Morgan fingerprint density at radius 1 is 0.366 bits per heavy atom. The van der Waals surface area contributed by atoms with Gasteiger partial charge in [0, 0.05) is 32.9 Å². The summed E-state index contributed by atoms with van der Waals surface area (Å²) in [7, 11) is 0. The standard InChI is InChI=1S/C39H30N2/c1-25-11-10-18-38-39(25)34-14-6-9-17-37(34)41(38)29-20-22-31(27(3)24-29)30-21-19-28(23-26(30)2)40-35-15-7-4-12-32(35)33-13-5-8-16-36(33)40/h4-24H,1-3H3. The van der Waals surface area contributed by atoms with Crippen LogP contribution in [0, 0.1) is 20.8 Å². The number of rotatable bonds is 3. The number of benzene rings is 6. The topological polar surface area (TPSA) is 9.86 Å². The molecular weight excluding hydrogens is 496 g/mol. The third-order valence-corrected chi connectivity index (χ3v) is 8.71. The third-order valence-electron chi connectivity index (χ3n) is 8.71. The molecule has 0 amide bonds. The fourth-order valence-corrected chi connectivity index (χ4v) is 6.86. The van der Waals surface area contributed by atoms with Crippen molar-refractivity contribution in [1.29, 1.82) is 0 Å². The molecule has 0 saturated heterocycles. The lowest BCUT2D eigenvalue weighted by Crippen LogP contribution is -1.98. The van der Waals surface area contributed by atoms with Crippen LogP contribution in [0.3, 0.4) is 0 Å². The zero-order valence-corrected chi connectivity index (χ0v) is 23.5. The molecule has 0 N–H and O–H groups in total. The smallest absolute Gasteiger partial charge is 0.0543 e. The number of fused-ring (bicyclic) bond motifs is 6. The molecule has 0 unspecified atom stereocenters. The number of hydrogen-bond donors (Lipinski definition) is 0. The summed E-state index contributed by atoms with van der Waals surface area (Å²) in [6.07, 6.45) is 0. The van der Waals surface area contributed by atoms with Crippen LogP contribution < -0.4 is 0 Å². The molecule has 0 bridgehead atoms. The minimum absolute atomic E-state index is 1.19. The summed E-state index contributed by atoms with van der Waals surface area (Å²) in [5.74, 6) is 0. The molecule has 0 atom stereocenters. The van der Waals surface area contributed by atoms with E-state index in [1.165, 1.54) is 82.8 Å². The minimum Gasteiger partial charge on any atom is -0.309 e. The molecule has 8 rings (SSSR count). The van der Waals surface area contributed by atoms with Crippen molar-refractivity contribution < 1.29 is 0 Å². The van der Waals surface area contributed by atoms with Crippen LogP contribution >= 0.6 is 0 Å². The lowest BCUT2D eigenvalue weighted by atomic mass is 9.95. The van der Waals surface area contributed by atoms with Gasteiger partial charge >= 0.3 is 0 Å². The van der Waals surface area contributed by atoms with E-state index in [1.807, 2.05) is 0 Å². The molecule has 0 spiro atoms. The maximum Gasteiger partial charge on any atom is 0.0543 e. The summed E-state index contributed by atoms with van der Waals surface area (Å²) in [6.45, 7) is 6.67. The number of nitrogens with zero attached hydrogens (tertiary/aromatic N) is 2. The van der Waals surface area contributed by atoms with Crippen LogP contribution in [-0.2, 0) is 0 Å². The number of aromatic nitrogens is 2. The Morgan fingerprint density at radius 2 is 0.805 bits per heavy atom. The van der Waals surface area contributed by atoms with Crippen molar-refractivity contribution in [2.75, 3.05) is 0 Å². The highest BCUT2D eigenvalue weighted by molar-refractivity contribution is 6.11. The van der Waals surface area contributed by atoms with Crippen LogP contribution in [0.4, 0.5) is 0 Å². The Hall–Kier alpha value is -5.08. The Balaban J connectivity index is 1.26. The molecule has 0 radical (unpaired) electrons. The highest BCUT2D eigenvalue weighted by Crippen LogP contribution is 2.37. The lowest BCUT2D eigenvalue weighted by Gasteiger charge is -2.15. The van der Waals surface area contributed by atoms with E-state index in [2.05, 4.69) is 157 Å². The summed E-state index contributed by atoms with van der Waals surface area (Å²) < 4.78 is 4.80. The molecule has 6 aromatic carbocycles. The van der Waals surface area contributed by atoms with Gasteiger partial charge in [0.1, 0.15) is 0 Å². The molecule has 0 aliphatic heterocycles. The van der Waals surface area contributed by atoms with Gasteiger partial charge < -0.3 is 9.13 Å². The van der Waals surface area contributed by atoms with Crippen molar-refractivity contribution in [3.05, 3.63) is 144 Å². The van der Waals surface area contributed by atoms with Gasteiger partial charge in [-0.25, -0.2) is 0 Å². The van der Waals surface area contributed by atoms with E-state index in [0.717, 1.165) is 0 Å². The molecule has 2 heteroatoms. The Kier molecular flexibility index (Phi) is 5.20. The summed E-state index contributed by atoms with van der Waals surface area (Å²) >= 11 is 0. The molecular formula is C39H30N2. The highest BCUT2D eigenvalue weighted by atomic mass is 15.0. The maximum atomic E-state index is 2.41. The van der Waals surface area contributed by atoms with E-state index in [0.29, 0.717) is 0 Å². The quantitative estimate of drug-likeness (QED) is 0.217. The summed E-state index contributed by atoms with van der Waals surface area (Å²) in [4.78, 5) is 0. The first-order chi connectivity index (χ1) is 20.1. The summed E-state index contributed by atoms with van der Waals surface area (Å²) in [5, 5.41) is 5.22. The Labute approximate surface area is 239 Å². The van der Waals surface area contributed by atoms with Crippen LogP contribution in [0.1, 0.15) is 16.7 Å². The molecule has 41 heavy (non-hydrogen) atoms. The normalized spacial score (nSPS) is 11.8. The molecule has 2 aromatic heterocycles. The fraction of sp³-hybridized carbons (Fsp3) is 0.0769. The predicted molar refractivity (Wildman–Crippen MR) is 175 cm³/mol. The average molecular weight is 527 g/mol. The van der Waals surface area contributed by atoms with Crippen LogP contribution in [0.5, 0.6) is 0 Å². The van der Waals surface area contributed by atoms with Gasteiger partial charge in [-0.2, -0.15) is 0 Å². The first-order valence-electron chi connectivity index (χ1n) is 14.3. The van der Waals surface area contributed by atoms with Crippen LogP contribution in [0.2, 0.25) is 0 Å². The number of aryl methyl sites for hydroxylation is 3. The summed E-state index contributed by atoms with van der Waals surface area (Å²) in [6, 6.07) is 46.5. The first kappa shape index (κ1) is 23.8. The van der Waals surface area contributed by atoms with Crippen LogP contribution in [0.25, 0.3) is 66.1 Å². The van der Waals surface area contributed by atoms with E-state index in [9.17, 15) is 0 Å². The average Bonchev–Trinajstić information content (AvgIpc) is 3.51. The molecule has 0 fully saturated rings. The van der Waals surface area contributed by atoms with Gasteiger partial charge in [-0.15, -0.1) is 0 Å². The van der Waals surface area contributed by atoms with E-state index in [-0.39, 0.29) is 0 Å². The monoisotopic (exact) mass is 526 g/mol. The van der Waals surface area contributed by atoms with Crippen molar-refractivity contribution in [1.82, 2.24) is 9.13 Å². The van der Waals surface area contributed by atoms with Crippen molar-refractivity contribution >= 4 is 43.6 Å². The molecule has 8 aromatic rings. The SMILES string of the molecule is Cc1cc(-n2c3ccccc3c3ccccc32)ccc1-c1ccc(-n2c3ccccc3c3c(C)cccc32)cc1C. The molecule has 0 aliphatic carbocycles. The van der Waals surface area contributed by atoms with Crippen molar-refractivity contribution in [2.24, 2.45) is 0 Å². The van der Waals surface area contributed by atoms with Gasteiger partial charge in [-0.05, 0) is 97.1 Å². The van der Waals surface area contributed by atoms with Crippen molar-refractivity contribution in [2.45, 2.75) is 20.8 Å². The molecule has 0 saturated carbocycles. The zero-order chi connectivity index (χ0) is 27.7. The van der Waals surface area contributed by atoms with Gasteiger partial charge in [-0.3, -0.25) is 0 Å². The van der Waals surface area contributed by atoms with E-state index >= 15 is 0 Å². The fourth-order valence-electron chi connectivity index (χ4n) is 6.86. The second kappa shape index (κ2) is 8.97. The van der Waals surface area contributed by atoms with E-state index < -0.39 is 0 Å². The van der Waals surface area contributed by atoms with Crippen LogP contribution in [0.15, 0.2) is 127 Å². The zero-order valence-electron chi connectivity index (χ0n) is 23.5. The molecule has 196 valence electrons. The van der Waals surface area contributed by atoms with Crippen molar-refractivity contribution in [3.8, 4) is 22.5 Å². The van der Waals surface area contributed by atoms with Gasteiger partial charge in [0.2, 0.25) is 0 Å². The Bertz CT molecular complexity index is 2240. The Morgan fingerprint density at radius 3 is 1.34 bits per heavy atom. The van der Waals surface area contributed by atoms with Gasteiger partial charge in [0.15, 0.2) is 0 Å². The number of para-hydroxylation sites is 3. The first-order valence-corrected chi connectivity index (χ1v) is 14.3. The maximum absolute atomic E-state index is 2.41.